The van der Waals surface area contributed by atoms with Crippen LogP contribution in [0, 0.1) is 6.92 Å². The minimum absolute atomic E-state index is 0.0675. The Morgan fingerprint density at radius 1 is 1.32 bits per heavy atom. The number of hydrogen-bond acceptors (Lipinski definition) is 5. The molecule has 28 heavy (non-hydrogen) atoms. The summed E-state index contributed by atoms with van der Waals surface area (Å²) in [5.74, 6) is 0.731. The first kappa shape index (κ1) is 18.4. The zero-order valence-electron chi connectivity index (χ0n) is 16.3. The van der Waals surface area contributed by atoms with Crippen LogP contribution in [0.25, 0.3) is 5.65 Å². The lowest BCUT2D eigenvalue weighted by molar-refractivity contribution is -0.119. The summed E-state index contributed by atoms with van der Waals surface area (Å²) in [5.41, 5.74) is 4.20. The largest absolute Gasteiger partial charge is 0.489 e. The third kappa shape index (κ3) is 4.31. The van der Waals surface area contributed by atoms with Gasteiger partial charge in [0.05, 0.1) is 24.1 Å². The number of rotatable bonds is 6. The average molecular weight is 379 g/mol. The van der Waals surface area contributed by atoms with Crippen molar-refractivity contribution in [2.45, 2.75) is 39.5 Å². The third-order valence-corrected chi connectivity index (χ3v) is 4.95. The fourth-order valence-corrected chi connectivity index (χ4v) is 3.55. The molecule has 1 N–H and O–H groups in total. The van der Waals surface area contributed by atoms with Crippen LogP contribution in [-0.4, -0.2) is 44.4 Å². The highest BCUT2D eigenvalue weighted by Crippen LogP contribution is 2.21. The number of nitrogens with one attached hydrogen (secondary N) is 1. The standard InChI is InChI=1S/C21H25N5O2/c1-15-3-4-21-24-11-18(26(21)12-15)13-25-8-6-20(14-25)28-19-5-7-22-17(9-19)10-23-16(2)27/h3-5,7,9,11-12,20H,6,8,10,13-14H2,1-2H3,(H,23,27). The van der Waals surface area contributed by atoms with E-state index >= 15 is 0 Å². The fourth-order valence-electron chi connectivity index (χ4n) is 3.55. The van der Waals surface area contributed by atoms with Crippen LogP contribution in [0.15, 0.2) is 42.9 Å². The number of carbonyl (C=O) groups is 1. The molecule has 7 heteroatoms. The summed E-state index contributed by atoms with van der Waals surface area (Å²) < 4.78 is 8.33. The number of likely N-dealkylation sites (tertiary alicyclic amines) is 1. The zero-order chi connectivity index (χ0) is 19.5. The Bertz CT molecular complexity index is 984. The molecule has 3 aromatic rings. The Kier molecular flexibility index (Phi) is 5.25. The van der Waals surface area contributed by atoms with Gasteiger partial charge in [-0.1, -0.05) is 6.07 Å². The maximum absolute atomic E-state index is 11.1. The number of carbonyl (C=O) groups excluding carboxylic acids is 1. The van der Waals surface area contributed by atoms with Crippen LogP contribution in [0.5, 0.6) is 5.75 Å². The van der Waals surface area contributed by atoms with Crippen molar-refractivity contribution in [1.29, 1.82) is 0 Å². The lowest BCUT2D eigenvalue weighted by Crippen LogP contribution is -2.25. The zero-order valence-corrected chi connectivity index (χ0v) is 16.3. The highest BCUT2D eigenvalue weighted by Gasteiger charge is 2.25. The number of amides is 1. The van der Waals surface area contributed by atoms with Crippen molar-refractivity contribution in [2.75, 3.05) is 13.1 Å². The molecule has 3 aromatic heterocycles. The molecule has 1 aliphatic rings. The van der Waals surface area contributed by atoms with E-state index in [9.17, 15) is 4.79 Å². The predicted octanol–water partition coefficient (Wildman–Crippen LogP) is 2.33. The second kappa shape index (κ2) is 7.98. The Balaban J connectivity index is 1.36. The van der Waals surface area contributed by atoms with E-state index in [2.05, 4.69) is 49.8 Å². The van der Waals surface area contributed by atoms with E-state index in [1.54, 1.807) is 6.20 Å². The summed E-state index contributed by atoms with van der Waals surface area (Å²) in [6.07, 6.45) is 6.95. The minimum Gasteiger partial charge on any atom is -0.489 e. The first-order valence-electron chi connectivity index (χ1n) is 9.58. The summed E-state index contributed by atoms with van der Waals surface area (Å²) in [6.45, 7) is 6.73. The van der Waals surface area contributed by atoms with Crippen LogP contribution >= 0.6 is 0 Å². The number of aromatic nitrogens is 3. The molecule has 1 saturated heterocycles. The van der Waals surface area contributed by atoms with Crippen LogP contribution in [0.4, 0.5) is 0 Å². The molecule has 7 nitrogen and oxygen atoms in total. The van der Waals surface area contributed by atoms with Gasteiger partial charge in [0.15, 0.2) is 0 Å². The lowest BCUT2D eigenvalue weighted by Gasteiger charge is -2.17. The van der Waals surface area contributed by atoms with Crippen molar-refractivity contribution >= 4 is 11.6 Å². The highest BCUT2D eigenvalue weighted by atomic mass is 16.5. The molecule has 0 radical (unpaired) electrons. The van der Waals surface area contributed by atoms with Crippen molar-refractivity contribution in [2.24, 2.45) is 0 Å². The van der Waals surface area contributed by atoms with E-state index in [1.807, 2.05) is 18.3 Å². The number of ether oxygens (including phenoxy) is 1. The van der Waals surface area contributed by atoms with Gasteiger partial charge in [-0.25, -0.2) is 4.98 Å². The lowest BCUT2D eigenvalue weighted by atomic mass is 10.3. The molecule has 0 bridgehead atoms. The molecule has 0 aromatic carbocycles. The summed E-state index contributed by atoms with van der Waals surface area (Å²) in [7, 11) is 0. The van der Waals surface area contributed by atoms with Crippen LogP contribution < -0.4 is 10.1 Å². The number of nitrogens with zero attached hydrogens (tertiary/aromatic N) is 4. The van der Waals surface area contributed by atoms with Crippen LogP contribution in [-0.2, 0) is 17.9 Å². The normalized spacial score (nSPS) is 17.1. The van der Waals surface area contributed by atoms with Crippen molar-refractivity contribution < 1.29 is 9.53 Å². The van der Waals surface area contributed by atoms with Gasteiger partial charge in [-0.15, -0.1) is 0 Å². The second-order valence-corrected chi connectivity index (χ2v) is 7.34. The van der Waals surface area contributed by atoms with Gasteiger partial charge in [0.1, 0.15) is 17.5 Å². The van der Waals surface area contributed by atoms with Gasteiger partial charge in [0.25, 0.3) is 0 Å². The molecule has 1 amide bonds. The number of fused-ring (bicyclic) bond motifs is 1. The van der Waals surface area contributed by atoms with Crippen LogP contribution in [0.1, 0.15) is 30.3 Å². The van der Waals surface area contributed by atoms with Crippen molar-refractivity contribution in [3.8, 4) is 5.75 Å². The molecule has 4 rings (SSSR count). The third-order valence-electron chi connectivity index (χ3n) is 4.95. The number of imidazole rings is 1. The smallest absolute Gasteiger partial charge is 0.217 e. The van der Waals surface area contributed by atoms with Gasteiger partial charge in [-0.3, -0.25) is 14.7 Å². The molecule has 1 fully saturated rings. The van der Waals surface area contributed by atoms with E-state index in [1.165, 1.54) is 18.2 Å². The van der Waals surface area contributed by atoms with Gasteiger partial charge in [-0.2, -0.15) is 0 Å². The number of aryl methyl sites for hydroxylation is 1. The van der Waals surface area contributed by atoms with E-state index in [-0.39, 0.29) is 12.0 Å². The monoisotopic (exact) mass is 379 g/mol. The molecule has 1 unspecified atom stereocenters. The maximum atomic E-state index is 11.1. The Labute approximate surface area is 164 Å². The summed E-state index contributed by atoms with van der Waals surface area (Å²) in [6, 6.07) is 7.90. The molecular weight excluding hydrogens is 354 g/mol. The first-order valence-corrected chi connectivity index (χ1v) is 9.58. The van der Waals surface area contributed by atoms with E-state index < -0.39 is 0 Å². The van der Waals surface area contributed by atoms with Gasteiger partial charge in [-0.05, 0) is 31.0 Å². The van der Waals surface area contributed by atoms with Crippen LogP contribution in [0.2, 0.25) is 0 Å². The molecule has 0 saturated carbocycles. The van der Waals surface area contributed by atoms with Gasteiger partial charge < -0.3 is 14.5 Å². The Morgan fingerprint density at radius 2 is 2.21 bits per heavy atom. The topological polar surface area (TPSA) is 71.8 Å². The van der Waals surface area contributed by atoms with Crippen molar-refractivity contribution in [3.63, 3.8) is 0 Å². The van der Waals surface area contributed by atoms with E-state index in [0.717, 1.165) is 43.1 Å². The van der Waals surface area contributed by atoms with Gasteiger partial charge >= 0.3 is 0 Å². The van der Waals surface area contributed by atoms with E-state index in [4.69, 9.17) is 4.74 Å². The quantitative estimate of drug-likeness (QED) is 0.712. The highest BCUT2D eigenvalue weighted by molar-refractivity contribution is 5.72. The average Bonchev–Trinajstić information content (AvgIpc) is 3.28. The van der Waals surface area contributed by atoms with Gasteiger partial charge in [0, 0.05) is 45.0 Å². The van der Waals surface area contributed by atoms with Crippen molar-refractivity contribution in [3.05, 3.63) is 59.8 Å². The van der Waals surface area contributed by atoms with Crippen molar-refractivity contribution in [1.82, 2.24) is 24.6 Å². The Hall–Kier alpha value is -2.93. The molecule has 146 valence electrons. The molecule has 1 atom stereocenters. The number of hydrogen-bond donors (Lipinski definition) is 1. The molecular formula is C21H25N5O2. The molecule has 0 spiro atoms. The first-order chi connectivity index (χ1) is 13.6. The fraction of sp³-hybridized carbons (Fsp3) is 0.381. The number of pyridine rings is 2. The van der Waals surface area contributed by atoms with Crippen LogP contribution in [0.3, 0.4) is 0 Å². The van der Waals surface area contributed by atoms with E-state index in [0.29, 0.717) is 6.54 Å². The SMILES string of the molecule is CC(=O)NCc1cc(OC2CCN(Cc3cnc4ccc(C)cn34)C2)ccn1. The molecule has 1 aliphatic heterocycles. The summed E-state index contributed by atoms with van der Waals surface area (Å²) in [4.78, 5) is 22.2. The van der Waals surface area contributed by atoms with Gasteiger partial charge in [0.2, 0.25) is 5.91 Å². The maximum Gasteiger partial charge on any atom is 0.217 e. The molecule has 4 heterocycles. The molecule has 0 aliphatic carbocycles. The predicted molar refractivity (Wildman–Crippen MR) is 106 cm³/mol. The second-order valence-electron chi connectivity index (χ2n) is 7.34. The summed E-state index contributed by atoms with van der Waals surface area (Å²) in [5, 5.41) is 2.76. The minimum atomic E-state index is -0.0675. The Morgan fingerprint density at radius 3 is 3.07 bits per heavy atom. The summed E-state index contributed by atoms with van der Waals surface area (Å²) >= 11 is 0.